The molecule has 0 aliphatic carbocycles. The van der Waals surface area contributed by atoms with E-state index in [1.807, 2.05) is 0 Å². The number of aromatic amines is 1. The van der Waals surface area contributed by atoms with Crippen molar-refractivity contribution in [2.75, 3.05) is 19.7 Å². The van der Waals surface area contributed by atoms with Crippen molar-refractivity contribution < 1.29 is 5.11 Å². The van der Waals surface area contributed by atoms with Gasteiger partial charge >= 0.3 is 0 Å². The van der Waals surface area contributed by atoms with Crippen LogP contribution in [-0.2, 0) is 6.42 Å². The molecule has 0 amide bonds. The third kappa shape index (κ3) is 2.14. The van der Waals surface area contributed by atoms with E-state index in [0.717, 1.165) is 13.0 Å². The highest BCUT2D eigenvalue weighted by atomic mass is 16.3. The molecular formula is C19H20N2O. The summed E-state index contributed by atoms with van der Waals surface area (Å²) < 4.78 is 0. The zero-order valence-electron chi connectivity index (χ0n) is 12.5. The molecule has 2 N–H and O–H groups in total. The van der Waals surface area contributed by atoms with Crippen LogP contribution in [0.2, 0.25) is 0 Å². The summed E-state index contributed by atoms with van der Waals surface area (Å²) in [7, 11) is 0. The maximum Gasteiger partial charge on any atom is 0.0758 e. The number of nitrogens with zero attached hydrogens (tertiary/aromatic N) is 1. The summed E-state index contributed by atoms with van der Waals surface area (Å²) in [5, 5.41) is 10.8. The van der Waals surface area contributed by atoms with E-state index in [1.54, 1.807) is 0 Å². The van der Waals surface area contributed by atoms with Gasteiger partial charge in [-0.25, -0.2) is 0 Å². The van der Waals surface area contributed by atoms with Gasteiger partial charge in [-0.3, -0.25) is 4.90 Å². The Bertz CT molecular complexity index is 778. The molecule has 4 rings (SSSR count). The van der Waals surface area contributed by atoms with Crippen molar-refractivity contribution in [2.45, 2.75) is 12.5 Å². The maximum atomic E-state index is 9.42. The number of nitrogens with one attached hydrogen (secondary N) is 1. The molecule has 3 aromatic rings. The Hall–Kier alpha value is -2.10. The Morgan fingerprint density at radius 1 is 1.05 bits per heavy atom. The van der Waals surface area contributed by atoms with Crippen molar-refractivity contribution >= 4 is 10.9 Å². The van der Waals surface area contributed by atoms with E-state index in [9.17, 15) is 5.11 Å². The molecule has 2 heterocycles. The van der Waals surface area contributed by atoms with Gasteiger partial charge < -0.3 is 10.1 Å². The van der Waals surface area contributed by atoms with E-state index >= 15 is 0 Å². The van der Waals surface area contributed by atoms with Gasteiger partial charge in [0, 0.05) is 29.7 Å². The minimum absolute atomic E-state index is 0.193. The molecule has 0 radical (unpaired) electrons. The largest absolute Gasteiger partial charge is 0.395 e. The van der Waals surface area contributed by atoms with Crippen molar-refractivity contribution in [1.82, 2.24) is 9.88 Å². The van der Waals surface area contributed by atoms with Gasteiger partial charge in [-0.15, -0.1) is 0 Å². The molecule has 3 heteroatoms. The Morgan fingerprint density at radius 2 is 1.82 bits per heavy atom. The Labute approximate surface area is 130 Å². The first kappa shape index (κ1) is 13.6. The number of H-pyrrole nitrogens is 1. The van der Waals surface area contributed by atoms with Crippen molar-refractivity contribution in [2.24, 2.45) is 0 Å². The lowest BCUT2D eigenvalue weighted by molar-refractivity contribution is 0.159. The van der Waals surface area contributed by atoms with Gasteiger partial charge in [0.25, 0.3) is 0 Å². The zero-order valence-corrected chi connectivity index (χ0v) is 12.5. The van der Waals surface area contributed by atoms with Gasteiger partial charge in [-0.2, -0.15) is 0 Å². The second kappa shape index (κ2) is 5.59. The van der Waals surface area contributed by atoms with Crippen LogP contribution in [0, 0.1) is 0 Å². The first-order valence-electron chi connectivity index (χ1n) is 7.88. The summed E-state index contributed by atoms with van der Waals surface area (Å²) >= 11 is 0. The second-order valence-corrected chi connectivity index (χ2v) is 5.89. The molecule has 0 spiro atoms. The average Bonchev–Trinajstić information content (AvgIpc) is 2.94. The van der Waals surface area contributed by atoms with Crippen LogP contribution in [0.4, 0.5) is 0 Å². The molecule has 2 aromatic carbocycles. The summed E-state index contributed by atoms with van der Waals surface area (Å²) in [6, 6.07) is 19.3. The molecule has 1 unspecified atom stereocenters. The molecule has 3 nitrogen and oxygen atoms in total. The smallest absolute Gasteiger partial charge is 0.0758 e. The van der Waals surface area contributed by atoms with E-state index in [4.69, 9.17) is 0 Å². The third-order valence-corrected chi connectivity index (χ3v) is 4.64. The van der Waals surface area contributed by atoms with Crippen LogP contribution in [0.1, 0.15) is 22.9 Å². The van der Waals surface area contributed by atoms with Crippen LogP contribution in [0.25, 0.3) is 10.9 Å². The molecule has 0 saturated carbocycles. The number of hydrogen-bond donors (Lipinski definition) is 2. The van der Waals surface area contributed by atoms with Crippen molar-refractivity contribution in [1.29, 1.82) is 0 Å². The van der Waals surface area contributed by atoms with Crippen LogP contribution >= 0.6 is 0 Å². The lowest BCUT2D eigenvalue weighted by Crippen LogP contribution is -2.37. The van der Waals surface area contributed by atoms with E-state index in [0.29, 0.717) is 6.54 Å². The quantitative estimate of drug-likeness (QED) is 0.778. The summed E-state index contributed by atoms with van der Waals surface area (Å²) in [6.07, 6.45) is 1.03. The molecule has 22 heavy (non-hydrogen) atoms. The van der Waals surface area contributed by atoms with Crippen LogP contribution in [0.15, 0.2) is 54.6 Å². The zero-order chi connectivity index (χ0) is 14.9. The lowest BCUT2D eigenvalue weighted by atomic mass is 9.92. The minimum atomic E-state index is 0.193. The fourth-order valence-electron chi connectivity index (χ4n) is 3.67. The first-order chi connectivity index (χ1) is 10.9. The van der Waals surface area contributed by atoms with Crippen molar-refractivity contribution in [3.05, 3.63) is 71.4 Å². The Kier molecular flexibility index (Phi) is 3.45. The van der Waals surface area contributed by atoms with Gasteiger partial charge in [0.1, 0.15) is 0 Å². The highest BCUT2D eigenvalue weighted by Crippen LogP contribution is 2.37. The van der Waals surface area contributed by atoms with E-state index < -0.39 is 0 Å². The lowest BCUT2D eigenvalue weighted by Gasteiger charge is -2.35. The van der Waals surface area contributed by atoms with Crippen LogP contribution in [-0.4, -0.2) is 34.7 Å². The molecule has 1 aliphatic rings. The summed E-state index contributed by atoms with van der Waals surface area (Å²) in [4.78, 5) is 6.00. The van der Waals surface area contributed by atoms with Gasteiger partial charge in [0.05, 0.1) is 12.6 Å². The van der Waals surface area contributed by atoms with Crippen molar-refractivity contribution in [3.63, 3.8) is 0 Å². The monoisotopic (exact) mass is 292 g/mol. The molecule has 1 atom stereocenters. The standard InChI is InChI=1S/C19H20N2O/c22-13-12-21-11-10-16-15-8-4-5-9-17(15)20-18(16)19(21)14-6-2-1-3-7-14/h1-9,19-20,22H,10-13H2. The highest BCUT2D eigenvalue weighted by Gasteiger charge is 2.30. The van der Waals surface area contributed by atoms with Gasteiger partial charge in [0.2, 0.25) is 0 Å². The number of aromatic nitrogens is 1. The van der Waals surface area contributed by atoms with Crippen LogP contribution < -0.4 is 0 Å². The number of rotatable bonds is 3. The number of benzene rings is 2. The summed E-state index contributed by atoms with van der Waals surface area (Å²) in [6.45, 7) is 1.88. The predicted octanol–water partition coefficient (Wildman–Crippen LogP) is 3.11. The third-order valence-electron chi connectivity index (χ3n) is 4.64. The molecule has 112 valence electrons. The van der Waals surface area contributed by atoms with Crippen LogP contribution in [0.5, 0.6) is 0 Å². The maximum absolute atomic E-state index is 9.42. The summed E-state index contributed by atoms with van der Waals surface area (Å²) in [5.41, 5.74) is 5.20. The van der Waals surface area contributed by atoms with E-state index in [1.165, 1.54) is 27.7 Å². The average molecular weight is 292 g/mol. The van der Waals surface area contributed by atoms with Gasteiger partial charge in [0.15, 0.2) is 0 Å². The number of aliphatic hydroxyl groups excluding tert-OH is 1. The minimum Gasteiger partial charge on any atom is -0.395 e. The molecular weight excluding hydrogens is 272 g/mol. The fourth-order valence-corrected chi connectivity index (χ4v) is 3.67. The topological polar surface area (TPSA) is 39.3 Å². The Morgan fingerprint density at radius 3 is 2.64 bits per heavy atom. The first-order valence-corrected chi connectivity index (χ1v) is 7.88. The van der Waals surface area contributed by atoms with Crippen molar-refractivity contribution in [3.8, 4) is 0 Å². The van der Waals surface area contributed by atoms with Gasteiger partial charge in [-0.05, 0) is 23.6 Å². The number of fused-ring (bicyclic) bond motifs is 3. The SMILES string of the molecule is OCCN1CCc2c([nH]c3ccccc23)C1c1ccccc1. The molecule has 0 fully saturated rings. The Balaban J connectivity index is 1.89. The predicted molar refractivity (Wildman–Crippen MR) is 88.9 cm³/mol. The van der Waals surface area contributed by atoms with Crippen LogP contribution in [0.3, 0.4) is 0 Å². The highest BCUT2D eigenvalue weighted by molar-refractivity contribution is 5.85. The molecule has 0 saturated heterocycles. The molecule has 0 bridgehead atoms. The fraction of sp³-hybridized carbons (Fsp3) is 0.263. The second-order valence-electron chi connectivity index (χ2n) is 5.89. The molecule has 1 aromatic heterocycles. The van der Waals surface area contributed by atoms with E-state index in [2.05, 4.69) is 64.5 Å². The normalized spacial score (nSPS) is 18.5. The molecule has 1 aliphatic heterocycles. The number of hydrogen-bond acceptors (Lipinski definition) is 2. The number of β-amino-alcohol motifs (C(OH)–C–C–N with tert-alkyl or cyclic N) is 1. The van der Waals surface area contributed by atoms with E-state index in [-0.39, 0.29) is 12.6 Å². The number of aliphatic hydroxyl groups is 1. The number of para-hydroxylation sites is 1. The summed E-state index contributed by atoms with van der Waals surface area (Å²) in [5.74, 6) is 0. The van der Waals surface area contributed by atoms with Gasteiger partial charge in [-0.1, -0.05) is 48.5 Å².